The van der Waals surface area contributed by atoms with E-state index < -0.39 is 0 Å². The van der Waals surface area contributed by atoms with Gasteiger partial charge in [-0.25, -0.2) is 0 Å². The lowest BCUT2D eigenvalue weighted by molar-refractivity contribution is -0.119. The van der Waals surface area contributed by atoms with Crippen molar-refractivity contribution in [1.82, 2.24) is 24.7 Å². The first kappa shape index (κ1) is 29.2. The number of amides is 2. The van der Waals surface area contributed by atoms with Crippen LogP contribution in [-0.2, 0) is 22.5 Å². The van der Waals surface area contributed by atoms with E-state index >= 15 is 0 Å². The molecular weight excluding hydrogens is 542 g/mol. The van der Waals surface area contributed by atoms with E-state index in [0.29, 0.717) is 65.2 Å². The Morgan fingerprint density at radius 1 is 1.07 bits per heavy atom. The van der Waals surface area contributed by atoms with Crippen molar-refractivity contribution in [1.29, 1.82) is 0 Å². The lowest BCUT2D eigenvalue weighted by atomic mass is 10.0. The van der Waals surface area contributed by atoms with Gasteiger partial charge in [0.25, 0.3) is 11.8 Å². The predicted octanol–water partition coefficient (Wildman–Crippen LogP) is 3.97. The Hall–Kier alpha value is -3.27. The quantitative estimate of drug-likeness (QED) is 0.434. The molecule has 9 nitrogen and oxygen atoms in total. The minimum atomic E-state index is -0.233. The maximum absolute atomic E-state index is 13.7. The Balaban J connectivity index is 1.44. The van der Waals surface area contributed by atoms with Crippen LogP contribution in [0, 0.1) is 0 Å². The summed E-state index contributed by atoms with van der Waals surface area (Å²) in [7, 11) is 0. The summed E-state index contributed by atoms with van der Waals surface area (Å²) in [5, 5.41) is 4.38. The lowest BCUT2D eigenvalue weighted by Crippen LogP contribution is -2.47. The number of benzene rings is 1. The van der Waals surface area contributed by atoms with E-state index in [9.17, 15) is 14.4 Å². The van der Waals surface area contributed by atoms with Crippen molar-refractivity contribution in [2.24, 2.45) is 0 Å². The Bertz CT molecular complexity index is 1390. The molecule has 2 aliphatic heterocycles. The third-order valence-corrected chi connectivity index (χ3v) is 8.24. The number of nitrogens with one attached hydrogen (secondary N) is 1. The van der Waals surface area contributed by atoms with Crippen molar-refractivity contribution in [2.45, 2.75) is 58.2 Å². The van der Waals surface area contributed by atoms with Crippen LogP contribution in [0.15, 0.2) is 42.6 Å². The molecule has 0 atom stereocenters. The fraction of sp³-hybridized carbons (Fsp3) is 0.484. The van der Waals surface area contributed by atoms with Crippen LogP contribution in [0.5, 0.6) is 0 Å². The number of carbonyl (C=O) groups excluding carboxylic acids is 3. The molecule has 2 saturated heterocycles. The molecule has 4 heterocycles. The van der Waals surface area contributed by atoms with E-state index in [1.54, 1.807) is 33.7 Å². The highest BCUT2D eigenvalue weighted by Crippen LogP contribution is 2.26. The van der Waals surface area contributed by atoms with Crippen molar-refractivity contribution in [3.63, 3.8) is 0 Å². The van der Waals surface area contributed by atoms with Crippen LogP contribution in [-0.4, -0.2) is 88.4 Å². The summed E-state index contributed by atoms with van der Waals surface area (Å²) < 4.78 is 7.28. The SMILES string of the molecule is CC(C)N1CCC(NC(=O)c2cc3c(C(=O)N4CCCOCC4)cccc3n2CC(=O)Cc2ccc(Cl)cn2)CC1. The van der Waals surface area contributed by atoms with E-state index in [0.717, 1.165) is 32.4 Å². The summed E-state index contributed by atoms with van der Waals surface area (Å²) in [6.45, 7) is 8.48. The number of aromatic nitrogens is 2. The monoisotopic (exact) mass is 579 g/mol. The highest BCUT2D eigenvalue weighted by molar-refractivity contribution is 6.30. The molecule has 0 radical (unpaired) electrons. The summed E-state index contributed by atoms with van der Waals surface area (Å²) in [6.07, 6.45) is 4.14. The number of hydrogen-bond acceptors (Lipinski definition) is 6. The zero-order chi connectivity index (χ0) is 28.9. The highest BCUT2D eigenvalue weighted by Gasteiger charge is 2.27. The van der Waals surface area contributed by atoms with Gasteiger partial charge in [0, 0.05) is 73.2 Å². The maximum atomic E-state index is 13.7. The molecule has 0 bridgehead atoms. The summed E-state index contributed by atoms with van der Waals surface area (Å²) >= 11 is 5.96. The number of rotatable bonds is 8. The van der Waals surface area contributed by atoms with Gasteiger partial charge in [-0.15, -0.1) is 0 Å². The van der Waals surface area contributed by atoms with Crippen molar-refractivity contribution >= 4 is 40.1 Å². The molecule has 0 unspecified atom stereocenters. The van der Waals surface area contributed by atoms with Gasteiger partial charge in [-0.3, -0.25) is 19.4 Å². The number of ether oxygens (including phenoxy) is 1. The maximum Gasteiger partial charge on any atom is 0.268 e. The van der Waals surface area contributed by atoms with Crippen LogP contribution in [0.25, 0.3) is 10.9 Å². The number of pyridine rings is 1. The number of ketones is 1. The average Bonchev–Trinajstić information content (AvgIpc) is 3.12. The first-order valence-electron chi connectivity index (χ1n) is 14.5. The zero-order valence-electron chi connectivity index (χ0n) is 23.8. The number of nitrogens with zero attached hydrogens (tertiary/aromatic N) is 4. The number of Topliss-reactive ketones (excluding diaryl/α,β-unsaturated/α-hetero) is 1. The second-order valence-electron chi connectivity index (χ2n) is 11.2. The Morgan fingerprint density at radius 2 is 1.88 bits per heavy atom. The molecule has 41 heavy (non-hydrogen) atoms. The number of piperidine rings is 1. The van der Waals surface area contributed by atoms with Crippen LogP contribution < -0.4 is 5.32 Å². The third-order valence-electron chi connectivity index (χ3n) is 8.01. The molecule has 3 aromatic rings. The van der Waals surface area contributed by atoms with E-state index in [1.165, 1.54) is 6.20 Å². The van der Waals surface area contributed by atoms with Gasteiger partial charge in [-0.05, 0) is 63.4 Å². The molecular formula is C31H38ClN5O4. The van der Waals surface area contributed by atoms with Crippen molar-refractivity contribution < 1.29 is 19.1 Å². The molecule has 2 fully saturated rings. The molecule has 0 spiro atoms. The molecule has 1 N–H and O–H groups in total. The largest absolute Gasteiger partial charge is 0.380 e. The van der Waals surface area contributed by atoms with Crippen LogP contribution in [0.4, 0.5) is 0 Å². The first-order chi connectivity index (χ1) is 19.8. The Labute approximate surface area is 245 Å². The number of likely N-dealkylation sites (tertiary alicyclic amines) is 1. The fourth-order valence-corrected chi connectivity index (χ4v) is 5.83. The number of fused-ring (bicyclic) bond motifs is 1. The zero-order valence-corrected chi connectivity index (χ0v) is 24.5. The average molecular weight is 580 g/mol. The third kappa shape index (κ3) is 6.97. The van der Waals surface area contributed by atoms with Crippen molar-refractivity contribution in [3.05, 3.63) is 64.6 Å². The fourth-order valence-electron chi connectivity index (χ4n) is 5.71. The molecule has 5 rings (SSSR count). The van der Waals surface area contributed by atoms with Gasteiger partial charge in [0.2, 0.25) is 0 Å². The van der Waals surface area contributed by atoms with Crippen molar-refractivity contribution in [2.75, 3.05) is 39.4 Å². The molecule has 218 valence electrons. The van der Waals surface area contributed by atoms with Gasteiger partial charge in [-0.2, -0.15) is 0 Å². The van der Waals surface area contributed by atoms with Gasteiger partial charge < -0.3 is 24.4 Å². The van der Waals surface area contributed by atoms with E-state index in [2.05, 4.69) is 29.0 Å². The van der Waals surface area contributed by atoms with Crippen molar-refractivity contribution in [3.8, 4) is 0 Å². The Morgan fingerprint density at radius 3 is 2.61 bits per heavy atom. The topological polar surface area (TPSA) is 96.8 Å². The van der Waals surface area contributed by atoms with Gasteiger partial charge in [0.1, 0.15) is 5.69 Å². The molecule has 0 aliphatic carbocycles. The molecule has 10 heteroatoms. The normalized spacial score (nSPS) is 17.1. The second-order valence-corrected chi connectivity index (χ2v) is 11.6. The summed E-state index contributed by atoms with van der Waals surface area (Å²) in [5.74, 6) is -0.427. The second kappa shape index (κ2) is 13.1. The van der Waals surface area contributed by atoms with Gasteiger partial charge in [-0.1, -0.05) is 17.7 Å². The lowest BCUT2D eigenvalue weighted by Gasteiger charge is -2.34. The summed E-state index contributed by atoms with van der Waals surface area (Å²) in [4.78, 5) is 49.1. The number of hydrogen-bond donors (Lipinski definition) is 1. The molecule has 2 aromatic heterocycles. The molecule has 1 aromatic carbocycles. The van der Waals surface area contributed by atoms with E-state index in [-0.39, 0.29) is 36.6 Å². The minimum Gasteiger partial charge on any atom is -0.380 e. The predicted molar refractivity (Wildman–Crippen MR) is 158 cm³/mol. The first-order valence-corrected chi connectivity index (χ1v) is 14.8. The van der Waals surface area contributed by atoms with Crippen LogP contribution in [0.2, 0.25) is 5.02 Å². The standard InChI is InChI=1S/C31H38ClN5O4/c1-21(2)35-12-9-23(10-13-35)34-30(39)29-18-27-26(31(40)36-11-4-15-41-16-14-36)5-3-6-28(27)37(29)20-25(38)17-24-8-7-22(32)19-33-24/h3,5-8,18-19,21,23H,4,9-17,20H2,1-2H3,(H,34,39). The summed E-state index contributed by atoms with van der Waals surface area (Å²) in [5.41, 5.74) is 2.19. The highest BCUT2D eigenvalue weighted by atomic mass is 35.5. The van der Waals surface area contributed by atoms with E-state index in [4.69, 9.17) is 16.3 Å². The van der Waals surface area contributed by atoms with Crippen LogP contribution in [0.3, 0.4) is 0 Å². The summed E-state index contributed by atoms with van der Waals surface area (Å²) in [6, 6.07) is 11.2. The molecule has 0 saturated carbocycles. The van der Waals surface area contributed by atoms with Crippen LogP contribution in [0.1, 0.15) is 59.7 Å². The van der Waals surface area contributed by atoms with Crippen LogP contribution >= 0.6 is 11.6 Å². The number of halogens is 1. The minimum absolute atomic E-state index is 0.0163. The molecule has 2 aliphatic rings. The van der Waals surface area contributed by atoms with Gasteiger partial charge in [0.15, 0.2) is 5.78 Å². The van der Waals surface area contributed by atoms with E-state index in [1.807, 2.05) is 12.1 Å². The van der Waals surface area contributed by atoms with Gasteiger partial charge in [0.05, 0.1) is 24.6 Å². The molecule has 2 amide bonds. The smallest absolute Gasteiger partial charge is 0.268 e. The number of carbonyl (C=O) groups is 3. The van der Waals surface area contributed by atoms with Gasteiger partial charge >= 0.3 is 0 Å². The Kier molecular flexibility index (Phi) is 9.37.